The topological polar surface area (TPSA) is 44.9 Å². The molecule has 2 N–H and O–H groups in total. The molecule has 0 saturated heterocycles. The Balaban J connectivity index is 0.000000500. The summed E-state index contributed by atoms with van der Waals surface area (Å²) in [5, 5.41) is 2.71. The molecule has 0 saturated carbocycles. The van der Waals surface area contributed by atoms with Crippen molar-refractivity contribution in [3.8, 4) is 0 Å². The van der Waals surface area contributed by atoms with E-state index in [0.29, 0.717) is 6.42 Å². The Morgan fingerprint density at radius 3 is 3.00 bits per heavy atom. The second-order valence-electron chi connectivity index (χ2n) is 2.09. The fourth-order valence-electron chi connectivity index (χ4n) is 1.02. The van der Waals surface area contributed by atoms with Crippen LogP contribution in [0.25, 0.3) is 0 Å². The van der Waals surface area contributed by atoms with Crippen LogP contribution >= 0.6 is 0 Å². The largest absolute Gasteiger partial charge is 0.363 e. The van der Waals surface area contributed by atoms with Crippen LogP contribution in [0.3, 0.4) is 0 Å². The first kappa shape index (κ1) is 7.54. The molecule has 1 amide bonds. The van der Waals surface area contributed by atoms with Crippen LogP contribution in [0.1, 0.15) is 5.69 Å². The number of H-pyrrole nitrogens is 1. The third kappa shape index (κ3) is 1.01. The first-order valence-electron chi connectivity index (χ1n) is 2.82. The summed E-state index contributed by atoms with van der Waals surface area (Å²) in [4.78, 5) is 13.6. The number of hydrogen-bond donors (Lipinski definition) is 2. The molecule has 0 bridgehead atoms. The van der Waals surface area contributed by atoms with Gasteiger partial charge in [0.05, 0.1) is 12.1 Å². The minimum atomic E-state index is 0. The van der Waals surface area contributed by atoms with E-state index in [4.69, 9.17) is 0 Å². The number of carbonyl (C=O) groups is 1. The van der Waals surface area contributed by atoms with Gasteiger partial charge >= 0.3 is 0 Å². The minimum Gasteiger partial charge on any atom is -0.363 e. The van der Waals surface area contributed by atoms with Gasteiger partial charge in [-0.15, -0.1) is 0 Å². The molecule has 2 rings (SSSR count). The van der Waals surface area contributed by atoms with E-state index >= 15 is 0 Å². The summed E-state index contributed by atoms with van der Waals surface area (Å²) < 4.78 is 0. The van der Waals surface area contributed by atoms with Crippen molar-refractivity contribution >= 4 is 11.6 Å². The summed E-state index contributed by atoms with van der Waals surface area (Å²) in [6.07, 6.45) is 2.33. The molecule has 2 heterocycles. The van der Waals surface area contributed by atoms with Crippen molar-refractivity contribution in [2.24, 2.45) is 0 Å². The first-order valence-corrected chi connectivity index (χ1v) is 2.82. The molecule has 0 fully saturated rings. The summed E-state index contributed by atoms with van der Waals surface area (Å²) in [6, 6.07) is 1.86. The van der Waals surface area contributed by atoms with E-state index in [1.165, 1.54) is 0 Å². The van der Waals surface area contributed by atoms with Crippen LogP contribution in [0.2, 0.25) is 0 Å². The van der Waals surface area contributed by atoms with Gasteiger partial charge in [-0.2, -0.15) is 0 Å². The number of hydrogen-bond acceptors (Lipinski definition) is 1. The number of carbonyl (C=O) groups excluding carboxylic acids is 1. The van der Waals surface area contributed by atoms with Crippen molar-refractivity contribution in [3.05, 3.63) is 18.0 Å². The summed E-state index contributed by atoms with van der Waals surface area (Å²) in [6.45, 7) is 0. The average molecular weight is 317 g/mol. The van der Waals surface area contributed by atoms with Crippen LogP contribution in [0.5, 0.6) is 0 Å². The number of fused-ring (bicyclic) bond motifs is 1. The van der Waals surface area contributed by atoms with Gasteiger partial charge in [0.25, 0.3) is 0 Å². The van der Waals surface area contributed by atoms with E-state index in [0.717, 1.165) is 11.4 Å². The molecule has 10 heavy (non-hydrogen) atoms. The van der Waals surface area contributed by atoms with Gasteiger partial charge < -0.3 is 10.3 Å². The third-order valence-electron chi connectivity index (χ3n) is 1.44. The van der Waals surface area contributed by atoms with Crippen LogP contribution in [0.15, 0.2) is 12.3 Å². The SMILES string of the molecule is O=C1Cc2[nH]ccc2N1.[Pt]. The van der Waals surface area contributed by atoms with Crippen molar-refractivity contribution in [2.75, 3.05) is 5.32 Å². The molecule has 0 unspecified atom stereocenters. The zero-order valence-corrected chi connectivity index (χ0v) is 7.36. The molecule has 1 aliphatic heterocycles. The zero-order valence-electron chi connectivity index (χ0n) is 5.09. The van der Waals surface area contributed by atoms with Gasteiger partial charge in [-0.3, -0.25) is 4.79 Å². The molecule has 0 atom stereocenters. The van der Waals surface area contributed by atoms with Gasteiger partial charge in [0, 0.05) is 33.0 Å². The quantitative estimate of drug-likeness (QED) is 0.719. The molecule has 0 aromatic carbocycles. The number of aromatic nitrogens is 1. The Labute approximate surface area is 72.5 Å². The Hall–Kier alpha value is -0.562. The van der Waals surface area contributed by atoms with Crippen molar-refractivity contribution in [2.45, 2.75) is 6.42 Å². The monoisotopic (exact) mass is 317 g/mol. The Kier molecular flexibility index (Phi) is 1.95. The van der Waals surface area contributed by atoms with E-state index in [-0.39, 0.29) is 27.0 Å². The number of nitrogens with one attached hydrogen (secondary N) is 2. The Morgan fingerprint density at radius 1 is 1.50 bits per heavy atom. The molecule has 56 valence electrons. The summed E-state index contributed by atoms with van der Waals surface area (Å²) in [5.41, 5.74) is 1.93. The van der Waals surface area contributed by atoms with Gasteiger partial charge in [-0.05, 0) is 6.07 Å². The third-order valence-corrected chi connectivity index (χ3v) is 1.44. The maximum atomic E-state index is 10.6. The minimum absolute atomic E-state index is 0. The van der Waals surface area contributed by atoms with E-state index in [1.54, 1.807) is 0 Å². The zero-order chi connectivity index (χ0) is 6.27. The van der Waals surface area contributed by atoms with E-state index in [2.05, 4.69) is 10.3 Å². The molecule has 1 aliphatic rings. The fraction of sp³-hybridized carbons (Fsp3) is 0.167. The molecule has 4 heteroatoms. The van der Waals surface area contributed by atoms with E-state index in [9.17, 15) is 4.79 Å². The van der Waals surface area contributed by atoms with Crippen molar-refractivity contribution in [3.63, 3.8) is 0 Å². The van der Waals surface area contributed by atoms with Crippen LogP contribution in [0, 0.1) is 0 Å². The maximum absolute atomic E-state index is 10.6. The molecular formula is C6H6N2OPt. The van der Waals surface area contributed by atoms with Gasteiger partial charge in [0.2, 0.25) is 5.91 Å². The van der Waals surface area contributed by atoms with E-state index < -0.39 is 0 Å². The summed E-state index contributed by atoms with van der Waals surface area (Å²) >= 11 is 0. The molecule has 3 nitrogen and oxygen atoms in total. The van der Waals surface area contributed by atoms with Crippen LogP contribution in [0.4, 0.5) is 5.69 Å². The standard InChI is InChI=1S/C6H6N2O.Pt/c9-6-3-5-4(8-6)1-2-7-5;/h1-2,7H,3H2,(H,8,9);. The second-order valence-corrected chi connectivity index (χ2v) is 2.09. The van der Waals surface area contributed by atoms with Gasteiger partial charge in [-0.1, -0.05) is 0 Å². The molecule has 0 spiro atoms. The van der Waals surface area contributed by atoms with Crippen LogP contribution < -0.4 is 5.32 Å². The average Bonchev–Trinajstić information content (AvgIpc) is 2.22. The molecule has 0 radical (unpaired) electrons. The predicted octanol–water partition coefficient (Wildman–Crippen LogP) is 0.507. The number of anilines is 1. The first-order chi connectivity index (χ1) is 4.36. The number of amides is 1. The van der Waals surface area contributed by atoms with Crippen LogP contribution in [-0.4, -0.2) is 10.9 Å². The fourth-order valence-corrected chi connectivity index (χ4v) is 1.02. The molecule has 1 aromatic rings. The Bertz CT molecular complexity index is 234. The molecule has 1 aromatic heterocycles. The van der Waals surface area contributed by atoms with Crippen molar-refractivity contribution in [1.29, 1.82) is 0 Å². The normalized spacial score (nSPS) is 13.8. The number of rotatable bonds is 0. The van der Waals surface area contributed by atoms with E-state index in [1.807, 2.05) is 12.3 Å². The predicted molar refractivity (Wildman–Crippen MR) is 33.1 cm³/mol. The summed E-state index contributed by atoms with van der Waals surface area (Å²) in [5.74, 6) is 0.0804. The van der Waals surface area contributed by atoms with Gasteiger partial charge in [0.15, 0.2) is 0 Å². The molecule has 0 aliphatic carbocycles. The van der Waals surface area contributed by atoms with Crippen molar-refractivity contribution in [1.82, 2.24) is 4.98 Å². The van der Waals surface area contributed by atoms with Crippen molar-refractivity contribution < 1.29 is 25.9 Å². The smallest absolute Gasteiger partial charge is 0.230 e. The second kappa shape index (κ2) is 2.59. The Morgan fingerprint density at radius 2 is 2.30 bits per heavy atom. The number of aromatic amines is 1. The van der Waals surface area contributed by atoms with Gasteiger partial charge in [-0.25, -0.2) is 0 Å². The summed E-state index contributed by atoms with van der Waals surface area (Å²) in [7, 11) is 0. The molecular weight excluding hydrogens is 311 g/mol. The van der Waals surface area contributed by atoms with Crippen LogP contribution in [-0.2, 0) is 32.3 Å². The maximum Gasteiger partial charge on any atom is 0.230 e. The van der Waals surface area contributed by atoms with Gasteiger partial charge in [0.1, 0.15) is 0 Å².